The average Bonchev–Trinajstić information content (AvgIpc) is 3.10. The molecule has 3 rings (SSSR count). The van der Waals surface area contributed by atoms with Crippen LogP contribution in [0.4, 0.5) is 16.3 Å². The van der Waals surface area contributed by atoms with Gasteiger partial charge in [0.1, 0.15) is 11.3 Å². The van der Waals surface area contributed by atoms with E-state index in [1.54, 1.807) is 4.90 Å². The van der Waals surface area contributed by atoms with Gasteiger partial charge in [0.15, 0.2) is 5.82 Å². The van der Waals surface area contributed by atoms with Crippen molar-refractivity contribution in [2.45, 2.75) is 46.1 Å². The van der Waals surface area contributed by atoms with Gasteiger partial charge in [0.05, 0.1) is 5.69 Å². The summed E-state index contributed by atoms with van der Waals surface area (Å²) < 4.78 is 7.29. The molecule has 2 amide bonds. The van der Waals surface area contributed by atoms with E-state index in [9.17, 15) is 9.59 Å². The molecular formula is C18H29N5O3. The summed E-state index contributed by atoms with van der Waals surface area (Å²) in [5, 5.41) is 4.66. The highest BCUT2D eigenvalue weighted by atomic mass is 16.6. The summed E-state index contributed by atoms with van der Waals surface area (Å²) in [5.41, 5.74) is 1.42. The molecule has 1 aromatic heterocycles. The van der Waals surface area contributed by atoms with Crippen LogP contribution in [0.25, 0.3) is 0 Å². The van der Waals surface area contributed by atoms with Gasteiger partial charge in [-0.1, -0.05) is 0 Å². The number of aromatic nitrogens is 2. The fraction of sp³-hybridized carbons (Fsp3) is 0.722. The molecule has 0 bridgehead atoms. The Hall–Kier alpha value is -2.25. The molecule has 144 valence electrons. The van der Waals surface area contributed by atoms with Crippen molar-refractivity contribution >= 4 is 23.5 Å². The number of nitrogens with zero attached hydrogens (tertiary/aromatic N) is 5. The molecule has 2 saturated heterocycles. The minimum atomic E-state index is -0.490. The van der Waals surface area contributed by atoms with E-state index in [2.05, 4.69) is 10.00 Å². The highest BCUT2D eigenvalue weighted by molar-refractivity contribution is 5.98. The van der Waals surface area contributed by atoms with Crippen LogP contribution in [0.3, 0.4) is 0 Å². The average molecular weight is 363 g/mol. The first-order chi connectivity index (χ1) is 12.2. The lowest BCUT2D eigenvalue weighted by atomic mass is 10.2. The molecule has 0 spiro atoms. The molecule has 0 saturated carbocycles. The molecule has 0 aliphatic carbocycles. The van der Waals surface area contributed by atoms with Crippen LogP contribution < -0.4 is 9.80 Å². The van der Waals surface area contributed by atoms with Crippen molar-refractivity contribution in [3.8, 4) is 0 Å². The summed E-state index contributed by atoms with van der Waals surface area (Å²) in [4.78, 5) is 30.2. The molecule has 2 aliphatic heterocycles. The van der Waals surface area contributed by atoms with Crippen LogP contribution in [0.2, 0.25) is 0 Å². The molecular weight excluding hydrogens is 334 g/mol. The maximum atomic E-state index is 12.2. The van der Waals surface area contributed by atoms with Crippen molar-refractivity contribution in [3.63, 3.8) is 0 Å². The first-order valence-corrected chi connectivity index (χ1v) is 9.24. The van der Waals surface area contributed by atoms with Gasteiger partial charge in [-0.15, -0.1) is 0 Å². The number of piperazine rings is 1. The molecule has 0 radical (unpaired) electrons. The quantitative estimate of drug-likeness (QED) is 0.803. The van der Waals surface area contributed by atoms with Crippen LogP contribution in [0.5, 0.6) is 0 Å². The summed E-state index contributed by atoms with van der Waals surface area (Å²) in [6.07, 6.45) is 1.21. The van der Waals surface area contributed by atoms with Crippen LogP contribution in [0, 0.1) is 6.92 Å². The van der Waals surface area contributed by atoms with Gasteiger partial charge in [0.25, 0.3) is 0 Å². The summed E-state index contributed by atoms with van der Waals surface area (Å²) in [6, 6.07) is 0. The molecule has 0 N–H and O–H groups in total. The highest BCUT2D eigenvalue weighted by Crippen LogP contribution is 2.35. The van der Waals surface area contributed by atoms with Crippen molar-refractivity contribution in [1.82, 2.24) is 14.7 Å². The number of hydrogen-bond acceptors (Lipinski definition) is 5. The minimum absolute atomic E-state index is 0.162. The summed E-state index contributed by atoms with van der Waals surface area (Å²) in [7, 11) is 1.90. The third-order valence-electron chi connectivity index (χ3n) is 4.86. The first kappa shape index (κ1) is 18.5. The number of aryl methyl sites for hydroxylation is 1. The fourth-order valence-corrected chi connectivity index (χ4v) is 3.42. The lowest BCUT2D eigenvalue weighted by molar-refractivity contribution is -0.117. The van der Waals surface area contributed by atoms with Crippen LogP contribution >= 0.6 is 0 Å². The van der Waals surface area contributed by atoms with E-state index >= 15 is 0 Å². The number of ether oxygens (including phenoxy) is 1. The van der Waals surface area contributed by atoms with Crippen LogP contribution in [0.1, 0.15) is 39.3 Å². The van der Waals surface area contributed by atoms with Gasteiger partial charge < -0.3 is 19.4 Å². The van der Waals surface area contributed by atoms with E-state index in [4.69, 9.17) is 4.74 Å². The van der Waals surface area contributed by atoms with Gasteiger partial charge in [-0.2, -0.15) is 5.10 Å². The van der Waals surface area contributed by atoms with E-state index in [-0.39, 0.29) is 12.0 Å². The lowest BCUT2D eigenvalue weighted by Gasteiger charge is -2.36. The summed E-state index contributed by atoms with van der Waals surface area (Å²) >= 11 is 0. The van der Waals surface area contributed by atoms with Crippen molar-refractivity contribution < 1.29 is 14.3 Å². The van der Waals surface area contributed by atoms with Crippen molar-refractivity contribution in [2.75, 3.05) is 42.5 Å². The molecule has 8 nitrogen and oxygen atoms in total. The van der Waals surface area contributed by atoms with E-state index in [1.807, 2.05) is 44.3 Å². The Labute approximate surface area is 154 Å². The minimum Gasteiger partial charge on any atom is -0.444 e. The largest absolute Gasteiger partial charge is 0.444 e. The number of amides is 2. The Balaban J connectivity index is 1.73. The maximum absolute atomic E-state index is 12.2. The third-order valence-corrected chi connectivity index (χ3v) is 4.86. The predicted octanol–water partition coefficient (Wildman–Crippen LogP) is 1.91. The van der Waals surface area contributed by atoms with Gasteiger partial charge in [-0.3, -0.25) is 9.48 Å². The lowest BCUT2D eigenvalue weighted by Crippen LogP contribution is -2.50. The normalized spacial score (nSPS) is 18.7. The van der Waals surface area contributed by atoms with Gasteiger partial charge in [0.2, 0.25) is 5.91 Å². The van der Waals surface area contributed by atoms with E-state index in [0.717, 1.165) is 30.2 Å². The zero-order valence-corrected chi connectivity index (χ0v) is 16.4. The monoisotopic (exact) mass is 363 g/mol. The predicted molar refractivity (Wildman–Crippen MR) is 99.6 cm³/mol. The van der Waals surface area contributed by atoms with Gasteiger partial charge >= 0.3 is 6.09 Å². The second-order valence-corrected chi connectivity index (χ2v) is 7.98. The van der Waals surface area contributed by atoms with Crippen molar-refractivity contribution in [3.05, 3.63) is 5.69 Å². The van der Waals surface area contributed by atoms with E-state index in [1.165, 1.54) is 0 Å². The van der Waals surface area contributed by atoms with Crippen LogP contribution in [-0.4, -0.2) is 65.0 Å². The third kappa shape index (κ3) is 3.64. The number of hydrogen-bond donors (Lipinski definition) is 0. The second-order valence-electron chi connectivity index (χ2n) is 7.98. The van der Waals surface area contributed by atoms with Gasteiger partial charge in [-0.05, 0) is 34.1 Å². The topological polar surface area (TPSA) is 70.9 Å². The molecule has 26 heavy (non-hydrogen) atoms. The summed E-state index contributed by atoms with van der Waals surface area (Å²) in [5.74, 6) is 0.999. The number of rotatable bonds is 2. The molecule has 2 fully saturated rings. The summed E-state index contributed by atoms with van der Waals surface area (Å²) in [6.45, 7) is 10.9. The molecule has 1 aromatic rings. The first-order valence-electron chi connectivity index (χ1n) is 9.24. The van der Waals surface area contributed by atoms with Crippen LogP contribution in [0.15, 0.2) is 0 Å². The highest BCUT2D eigenvalue weighted by Gasteiger charge is 2.33. The standard InChI is InChI=1S/C18H29N5O3/c1-13-15(23-8-6-7-14(23)24)16(19-20(13)5)21-9-11-22(12-10-21)17(25)26-18(2,3)4/h6-12H2,1-5H3. The molecule has 0 atom stereocenters. The Morgan fingerprint density at radius 1 is 1.12 bits per heavy atom. The molecule has 0 aromatic carbocycles. The van der Waals surface area contributed by atoms with Gasteiger partial charge in [0, 0.05) is 46.2 Å². The van der Waals surface area contributed by atoms with Gasteiger partial charge in [-0.25, -0.2) is 4.79 Å². The molecule has 0 unspecified atom stereocenters. The Morgan fingerprint density at radius 2 is 1.77 bits per heavy atom. The van der Waals surface area contributed by atoms with E-state index in [0.29, 0.717) is 32.6 Å². The number of carbonyl (C=O) groups excluding carboxylic acids is 2. The molecule has 8 heteroatoms. The Bertz CT molecular complexity index is 698. The molecule has 2 aliphatic rings. The van der Waals surface area contributed by atoms with Crippen LogP contribution in [-0.2, 0) is 16.6 Å². The smallest absolute Gasteiger partial charge is 0.410 e. The second kappa shape index (κ2) is 6.81. The van der Waals surface area contributed by atoms with E-state index < -0.39 is 5.60 Å². The van der Waals surface area contributed by atoms with Crippen molar-refractivity contribution in [1.29, 1.82) is 0 Å². The Morgan fingerprint density at radius 3 is 2.31 bits per heavy atom. The fourth-order valence-electron chi connectivity index (χ4n) is 3.42. The number of carbonyl (C=O) groups is 2. The van der Waals surface area contributed by atoms with Crippen molar-refractivity contribution in [2.24, 2.45) is 7.05 Å². The molecule has 3 heterocycles. The number of anilines is 2. The maximum Gasteiger partial charge on any atom is 0.410 e. The zero-order chi connectivity index (χ0) is 19.1. The SMILES string of the molecule is Cc1c(N2CCCC2=O)c(N2CCN(C(=O)OC(C)(C)C)CC2)nn1C. The zero-order valence-electron chi connectivity index (χ0n) is 16.4. The Kier molecular flexibility index (Phi) is 4.86.